The van der Waals surface area contributed by atoms with E-state index in [2.05, 4.69) is 42.9 Å². The quantitative estimate of drug-likeness (QED) is 0.571. The Bertz CT molecular complexity index is 961. The summed E-state index contributed by atoms with van der Waals surface area (Å²) in [6.07, 6.45) is 6.19. The van der Waals surface area contributed by atoms with Crippen molar-refractivity contribution in [2.24, 2.45) is 5.92 Å². The highest BCUT2D eigenvalue weighted by atomic mass is 32.1. The van der Waals surface area contributed by atoms with E-state index in [0.29, 0.717) is 17.7 Å². The first-order valence-corrected chi connectivity index (χ1v) is 11.1. The van der Waals surface area contributed by atoms with Gasteiger partial charge in [-0.2, -0.15) is 5.10 Å². The van der Waals surface area contributed by atoms with Gasteiger partial charge in [-0.1, -0.05) is 17.4 Å². The van der Waals surface area contributed by atoms with E-state index in [1.54, 1.807) is 17.5 Å². The van der Waals surface area contributed by atoms with Crippen molar-refractivity contribution in [1.29, 1.82) is 0 Å². The van der Waals surface area contributed by atoms with E-state index in [9.17, 15) is 4.79 Å². The molecule has 8 nitrogen and oxygen atoms in total. The maximum Gasteiger partial charge on any atom is 0.231 e. The zero-order valence-corrected chi connectivity index (χ0v) is 17.7. The summed E-state index contributed by atoms with van der Waals surface area (Å²) >= 11 is 1.67. The van der Waals surface area contributed by atoms with Gasteiger partial charge in [0, 0.05) is 24.4 Å². The fourth-order valence-electron chi connectivity index (χ4n) is 3.79. The minimum atomic E-state index is -0.150. The average Bonchev–Trinajstić information content (AvgIpc) is 3.40. The van der Waals surface area contributed by atoms with Crippen molar-refractivity contribution in [2.75, 3.05) is 17.2 Å². The third-order valence-electron chi connectivity index (χ3n) is 5.21. The Morgan fingerprint density at radius 3 is 2.80 bits per heavy atom. The van der Waals surface area contributed by atoms with Crippen LogP contribution in [0.3, 0.4) is 0 Å². The predicted octanol–water partition coefficient (Wildman–Crippen LogP) is 3.46. The second kappa shape index (κ2) is 9.71. The molecule has 0 radical (unpaired) electrons. The first-order chi connectivity index (χ1) is 14.7. The van der Waals surface area contributed by atoms with Gasteiger partial charge < -0.3 is 10.6 Å². The molecule has 1 aliphatic rings. The van der Waals surface area contributed by atoms with Crippen molar-refractivity contribution in [3.05, 3.63) is 52.9 Å². The Balaban J connectivity index is 1.27. The van der Waals surface area contributed by atoms with E-state index < -0.39 is 0 Å². The molecule has 3 aromatic heterocycles. The Morgan fingerprint density at radius 2 is 2.03 bits per heavy atom. The van der Waals surface area contributed by atoms with Gasteiger partial charge >= 0.3 is 0 Å². The summed E-state index contributed by atoms with van der Waals surface area (Å²) in [6, 6.07) is 9.28. The van der Waals surface area contributed by atoms with Crippen LogP contribution in [0.4, 0.5) is 10.9 Å². The fourth-order valence-corrected chi connectivity index (χ4v) is 4.75. The summed E-state index contributed by atoms with van der Waals surface area (Å²) in [5, 5.41) is 25.1. The first-order valence-electron chi connectivity index (χ1n) is 10.3. The standard InChI is InChI=1S/C21H25N7OS/c1-2-22-21-28-27-20(30-21)15-7-6-14(11-15)12-17-8-9-18(26-25-17)24-19(29)13-16-5-3-4-10-23-16/h3-5,8-10,14-15H,2,6-7,11-13H2,1H3,(H,22,28)(H,24,26,29)/t14-,15+/m1/s1. The summed E-state index contributed by atoms with van der Waals surface area (Å²) in [5.41, 5.74) is 1.68. The largest absolute Gasteiger partial charge is 0.360 e. The highest BCUT2D eigenvalue weighted by Crippen LogP contribution is 2.41. The average molecular weight is 424 g/mol. The van der Waals surface area contributed by atoms with Gasteiger partial charge in [-0.3, -0.25) is 9.78 Å². The maximum atomic E-state index is 12.1. The fraction of sp³-hybridized carbons (Fsp3) is 0.429. The Hall–Kier alpha value is -2.94. The number of anilines is 2. The topological polar surface area (TPSA) is 106 Å². The van der Waals surface area contributed by atoms with Crippen LogP contribution < -0.4 is 10.6 Å². The van der Waals surface area contributed by atoms with E-state index in [1.165, 1.54) is 0 Å². The van der Waals surface area contributed by atoms with Crippen molar-refractivity contribution < 1.29 is 4.79 Å². The molecule has 9 heteroatoms. The highest BCUT2D eigenvalue weighted by molar-refractivity contribution is 7.15. The molecule has 3 aromatic rings. The van der Waals surface area contributed by atoms with Crippen molar-refractivity contribution in [3.63, 3.8) is 0 Å². The second-order valence-electron chi connectivity index (χ2n) is 7.51. The van der Waals surface area contributed by atoms with Crippen molar-refractivity contribution >= 4 is 28.2 Å². The van der Waals surface area contributed by atoms with Gasteiger partial charge in [0.15, 0.2) is 5.82 Å². The molecule has 1 saturated carbocycles. The van der Waals surface area contributed by atoms with Gasteiger partial charge in [-0.05, 0) is 62.8 Å². The lowest BCUT2D eigenvalue weighted by molar-refractivity contribution is -0.115. The van der Waals surface area contributed by atoms with Crippen LogP contribution in [0.25, 0.3) is 0 Å². The number of hydrogen-bond donors (Lipinski definition) is 2. The molecular formula is C21H25N7OS. The lowest BCUT2D eigenvalue weighted by Crippen LogP contribution is -2.16. The van der Waals surface area contributed by atoms with Crippen LogP contribution in [0.5, 0.6) is 0 Å². The summed E-state index contributed by atoms with van der Waals surface area (Å²) in [4.78, 5) is 16.3. The molecule has 3 heterocycles. The van der Waals surface area contributed by atoms with Crippen LogP contribution in [0, 0.1) is 5.92 Å². The van der Waals surface area contributed by atoms with E-state index in [0.717, 1.165) is 53.8 Å². The normalized spacial score (nSPS) is 18.3. The maximum absolute atomic E-state index is 12.1. The molecule has 4 rings (SSSR count). The third-order valence-corrected chi connectivity index (χ3v) is 6.26. The minimum absolute atomic E-state index is 0.150. The molecule has 0 aromatic carbocycles. The monoisotopic (exact) mass is 423 g/mol. The Labute approximate surface area is 179 Å². The first kappa shape index (κ1) is 20.3. The zero-order valence-electron chi connectivity index (χ0n) is 16.9. The highest BCUT2D eigenvalue weighted by Gasteiger charge is 2.29. The number of hydrogen-bond acceptors (Lipinski definition) is 8. The molecule has 1 amide bonds. The Morgan fingerprint density at radius 1 is 1.10 bits per heavy atom. The molecule has 30 heavy (non-hydrogen) atoms. The van der Waals surface area contributed by atoms with E-state index >= 15 is 0 Å². The number of rotatable bonds is 8. The lowest BCUT2D eigenvalue weighted by atomic mass is 10.00. The number of nitrogens with one attached hydrogen (secondary N) is 2. The van der Waals surface area contributed by atoms with Gasteiger partial charge in [-0.25, -0.2) is 0 Å². The number of amides is 1. The van der Waals surface area contributed by atoms with Gasteiger partial charge in [-0.15, -0.1) is 15.3 Å². The summed E-state index contributed by atoms with van der Waals surface area (Å²) in [7, 11) is 0. The molecule has 0 unspecified atom stereocenters. The summed E-state index contributed by atoms with van der Waals surface area (Å²) in [5.74, 6) is 1.37. The molecule has 0 saturated heterocycles. The summed E-state index contributed by atoms with van der Waals surface area (Å²) < 4.78 is 0. The molecule has 0 aliphatic heterocycles. The minimum Gasteiger partial charge on any atom is -0.360 e. The Kier molecular flexibility index (Phi) is 6.58. The van der Waals surface area contributed by atoms with E-state index in [1.807, 2.05) is 30.3 Å². The number of carbonyl (C=O) groups is 1. The molecule has 156 valence electrons. The predicted molar refractivity (Wildman–Crippen MR) is 116 cm³/mol. The van der Waals surface area contributed by atoms with Crippen LogP contribution in [0.1, 0.15) is 48.5 Å². The molecule has 2 atom stereocenters. The zero-order chi connectivity index (χ0) is 20.8. The SMILES string of the molecule is CCNc1nnc([C@H]2CC[C@@H](Cc3ccc(NC(=O)Cc4ccccn4)nn3)C2)s1. The van der Waals surface area contributed by atoms with Crippen LogP contribution in [-0.4, -0.2) is 37.8 Å². The van der Waals surface area contributed by atoms with Gasteiger partial charge in [0.2, 0.25) is 11.0 Å². The molecular weight excluding hydrogens is 398 g/mol. The van der Waals surface area contributed by atoms with E-state index in [-0.39, 0.29) is 12.3 Å². The van der Waals surface area contributed by atoms with Crippen LogP contribution in [0.15, 0.2) is 36.5 Å². The molecule has 0 spiro atoms. The number of pyridine rings is 1. The lowest BCUT2D eigenvalue weighted by Gasteiger charge is -2.09. The van der Waals surface area contributed by atoms with Crippen LogP contribution in [-0.2, 0) is 17.6 Å². The van der Waals surface area contributed by atoms with Gasteiger partial charge in [0.05, 0.1) is 12.1 Å². The molecule has 0 bridgehead atoms. The second-order valence-corrected chi connectivity index (χ2v) is 8.52. The van der Waals surface area contributed by atoms with Crippen molar-refractivity contribution in [1.82, 2.24) is 25.4 Å². The van der Waals surface area contributed by atoms with Crippen LogP contribution in [0.2, 0.25) is 0 Å². The van der Waals surface area contributed by atoms with E-state index in [4.69, 9.17) is 0 Å². The van der Waals surface area contributed by atoms with Crippen molar-refractivity contribution in [2.45, 2.75) is 44.9 Å². The molecule has 1 aliphatic carbocycles. The molecule has 2 N–H and O–H groups in total. The molecule has 1 fully saturated rings. The smallest absolute Gasteiger partial charge is 0.231 e. The van der Waals surface area contributed by atoms with Gasteiger partial charge in [0.25, 0.3) is 0 Å². The summed E-state index contributed by atoms with van der Waals surface area (Å²) in [6.45, 7) is 2.92. The van der Waals surface area contributed by atoms with Gasteiger partial charge in [0.1, 0.15) is 5.01 Å². The third kappa shape index (κ3) is 5.35. The number of nitrogens with zero attached hydrogens (tertiary/aromatic N) is 5. The van der Waals surface area contributed by atoms with Crippen molar-refractivity contribution in [3.8, 4) is 0 Å². The van der Waals surface area contributed by atoms with Crippen LogP contribution >= 0.6 is 11.3 Å². The number of carbonyl (C=O) groups excluding carboxylic acids is 1. The number of aromatic nitrogens is 5.